The quantitative estimate of drug-likeness (QED) is 0.814. The highest BCUT2D eigenvalue weighted by Crippen LogP contribution is 2.16. The number of fused-ring (bicyclic) bond motifs is 1. The van der Waals surface area contributed by atoms with Crippen LogP contribution in [0.1, 0.15) is 31.5 Å². The van der Waals surface area contributed by atoms with E-state index >= 15 is 0 Å². The first-order chi connectivity index (χ1) is 10.6. The van der Waals surface area contributed by atoms with Crippen LogP contribution >= 0.6 is 0 Å². The van der Waals surface area contributed by atoms with Gasteiger partial charge in [0.1, 0.15) is 0 Å². The molecule has 1 fully saturated rings. The van der Waals surface area contributed by atoms with E-state index < -0.39 is 0 Å². The van der Waals surface area contributed by atoms with Gasteiger partial charge in [-0.15, -0.1) is 0 Å². The maximum atomic E-state index is 12.1. The van der Waals surface area contributed by atoms with Crippen LogP contribution in [0.5, 0.6) is 0 Å². The predicted molar refractivity (Wildman–Crippen MR) is 88.2 cm³/mol. The fourth-order valence-corrected chi connectivity index (χ4v) is 3.55. The van der Waals surface area contributed by atoms with Crippen molar-refractivity contribution < 1.29 is 0 Å². The van der Waals surface area contributed by atoms with Crippen molar-refractivity contribution in [2.24, 2.45) is 5.92 Å². The molecule has 0 atom stereocenters. The van der Waals surface area contributed by atoms with Gasteiger partial charge >= 0.3 is 0 Å². The van der Waals surface area contributed by atoms with Gasteiger partial charge < -0.3 is 4.90 Å². The highest BCUT2D eigenvalue weighted by molar-refractivity contribution is 5.22. The van der Waals surface area contributed by atoms with Gasteiger partial charge in [0.25, 0.3) is 5.56 Å². The van der Waals surface area contributed by atoms with E-state index in [0.717, 1.165) is 70.1 Å². The lowest BCUT2D eigenvalue weighted by Crippen LogP contribution is -2.48. The second kappa shape index (κ2) is 6.92. The predicted octanol–water partition coefficient (Wildman–Crippen LogP) is 1.01. The molecule has 1 saturated heterocycles. The van der Waals surface area contributed by atoms with E-state index in [2.05, 4.69) is 28.7 Å². The average Bonchev–Trinajstić information content (AvgIpc) is 2.92. The lowest BCUT2D eigenvalue weighted by molar-refractivity contribution is 0.118. The number of hydrogen-bond donors (Lipinski definition) is 0. The largest absolute Gasteiger partial charge is 0.301 e. The summed E-state index contributed by atoms with van der Waals surface area (Å²) in [4.78, 5) is 17.1. The van der Waals surface area contributed by atoms with Gasteiger partial charge in [-0.05, 0) is 30.7 Å². The lowest BCUT2D eigenvalue weighted by atomic mass is 10.2. The Morgan fingerprint density at radius 2 is 1.82 bits per heavy atom. The van der Waals surface area contributed by atoms with Gasteiger partial charge in [0.2, 0.25) is 0 Å². The summed E-state index contributed by atoms with van der Waals surface area (Å²) in [5, 5.41) is 4.56. The van der Waals surface area contributed by atoms with Crippen molar-refractivity contribution in [1.29, 1.82) is 0 Å². The monoisotopic (exact) mass is 304 g/mol. The van der Waals surface area contributed by atoms with Gasteiger partial charge in [-0.2, -0.15) is 5.10 Å². The summed E-state index contributed by atoms with van der Waals surface area (Å²) in [6.45, 7) is 11.9. The molecule has 1 aromatic rings. The maximum Gasteiger partial charge on any atom is 0.267 e. The van der Waals surface area contributed by atoms with Crippen molar-refractivity contribution in [3.8, 4) is 0 Å². The molecule has 2 aliphatic rings. The summed E-state index contributed by atoms with van der Waals surface area (Å²) in [5.41, 5.74) is 2.38. The van der Waals surface area contributed by atoms with Gasteiger partial charge in [-0.25, -0.2) is 4.68 Å². The molecule has 0 amide bonds. The second-order valence-corrected chi connectivity index (χ2v) is 7.07. The van der Waals surface area contributed by atoms with Crippen molar-refractivity contribution in [2.75, 3.05) is 39.3 Å². The van der Waals surface area contributed by atoms with Crippen LogP contribution in [0.15, 0.2) is 10.9 Å². The Morgan fingerprint density at radius 1 is 1.09 bits per heavy atom. The third kappa shape index (κ3) is 3.76. The topological polar surface area (TPSA) is 41.4 Å². The molecule has 1 aliphatic carbocycles. The molecule has 0 bridgehead atoms. The zero-order valence-electron chi connectivity index (χ0n) is 13.9. The molecule has 1 aromatic heterocycles. The zero-order valence-corrected chi connectivity index (χ0v) is 13.9. The van der Waals surface area contributed by atoms with Gasteiger partial charge in [-0.3, -0.25) is 9.69 Å². The van der Waals surface area contributed by atoms with Crippen molar-refractivity contribution >= 4 is 0 Å². The van der Waals surface area contributed by atoms with Gasteiger partial charge in [0.15, 0.2) is 0 Å². The SMILES string of the molecule is CC(C)CN1CCN(CCn2nc3c(cc2=O)CCC3)CC1. The van der Waals surface area contributed by atoms with Crippen molar-refractivity contribution in [3.05, 3.63) is 27.7 Å². The summed E-state index contributed by atoms with van der Waals surface area (Å²) in [6, 6.07) is 1.80. The van der Waals surface area contributed by atoms with E-state index in [9.17, 15) is 4.79 Å². The summed E-state index contributed by atoms with van der Waals surface area (Å²) >= 11 is 0. The Kier molecular flexibility index (Phi) is 4.93. The standard InChI is InChI=1S/C17H28N4O/c1-14(2)13-20-8-6-19(7-9-20)10-11-21-17(22)12-15-4-3-5-16(15)18-21/h12,14H,3-11,13H2,1-2H3. The van der Waals surface area contributed by atoms with E-state index in [1.807, 2.05) is 0 Å². The van der Waals surface area contributed by atoms with Gasteiger partial charge in [0, 0.05) is 45.3 Å². The van der Waals surface area contributed by atoms with Crippen LogP contribution in [-0.2, 0) is 19.4 Å². The molecule has 0 unspecified atom stereocenters. The lowest BCUT2D eigenvalue weighted by Gasteiger charge is -2.35. The first kappa shape index (κ1) is 15.7. The van der Waals surface area contributed by atoms with Crippen LogP contribution in [0, 0.1) is 5.92 Å². The van der Waals surface area contributed by atoms with Crippen LogP contribution in [0.3, 0.4) is 0 Å². The third-order valence-corrected chi connectivity index (χ3v) is 4.74. The Labute approximate surface area is 132 Å². The Bertz CT molecular complexity index is 558. The number of hydrogen-bond acceptors (Lipinski definition) is 4. The minimum atomic E-state index is 0.0686. The summed E-state index contributed by atoms with van der Waals surface area (Å²) < 4.78 is 1.67. The van der Waals surface area contributed by atoms with Crippen LogP contribution < -0.4 is 5.56 Å². The zero-order chi connectivity index (χ0) is 15.5. The number of piperazine rings is 1. The van der Waals surface area contributed by atoms with Crippen molar-refractivity contribution in [3.63, 3.8) is 0 Å². The summed E-state index contributed by atoms with van der Waals surface area (Å²) in [7, 11) is 0. The van der Waals surface area contributed by atoms with E-state index in [-0.39, 0.29) is 5.56 Å². The first-order valence-electron chi connectivity index (χ1n) is 8.66. The molecule has 0 radical (unpaired) electrons. The fraction of sp³-hybridized carbons (Fsp3) is 0.765. The molecule has 5 nitrogen and oxygen atoms in total. The van der Waals surface area contributed by atoms with Crippen LogP contribution in [0.2, 0.25) is 0 Å². The molecule has 0 aromatic carbocycles. The number of nitrogens with zero attached hydrogens (tertiary/aromatic N) is 4. The Morgan fingerprint density at radius 3 is 2.55 bits per heavy atom. The second-order valence-electron chi connectivity index (χ2n) is 7.07. The van der Waals surface area contributed by atoms with Gasteiger partial charge in [-0.1, -0.05) is 13.8 Å². The van der Waals surface area contributed by atoms with Crippen molar-refractivity contribution in [2.45, 2.75) is 39.7 Å². The average molecular weight is 304 g/mol. The van der Waals surface area contributed by atoms with Crippen molar-refractivity contribution in [1.82, 2.24) is 19.6 Å². The number of aryl methyl sites for hydroxylation is 2. The molecule has 1 aliphatic heterocycles. The van der Waals surface area contributed by atoms with E-state index in [0.29, 0.717) is 0 Å². The Balaban J connectivity index is 1.51. The van der Waals surface area contributed by atoms with E-state index in [4.69, 9.17) is 0 Å². The first-order valence-corrected chi connectivity index (χ1v) is 8.66. The highest BCUT2D eigenvalue weighted by atomic mass is 16.1. The molecule has 0 N–H and O–H groups in total. The maximum absolute atomic E-state index is 12.1. The van der Waals surface area contributed by atoms with E-state index in [1.165, 1.54) is 12.1 Å². The molecule has 22 heavy (non-hydrogen) atoms. The van der Waals surface area contributed by atoms with Gasteiger partial charge in [0.05, 0.1) is 12.2 Å². The normalized spacial score (nSPS) is 19.8. The Hall–Kier alpha value is -1.20. The van der Waals surface area contributed by atoms with E-state index in [1.54, 1.807) is 10.7 Å². The molecular weight excluding hydrogens is 276 g/mol. The minimum Gasteiger partial charge on any atom is -0.301 e. The third-order valence-electron chi connectivity index (χ3n) is 4.74. The highest BCUT2D eigenvalue weighted by Gasteiger charge is 2.18. The van der Waals surface area contributed by atoms with Crippen LogP contribution in [-0.4, -0.2) is 58.8 Å². The molecule has 5 heteroatoms. The summed E-state index contributed by atoms with van der Waals surface area (Å²) in [6.07, 6.45) is 3.20. The number of aromatic nitrogens is 2. The molecule has 3 rings (SSSR count). The minimum absolute atomic E-state index is 0.0686. The fourth-order valence-electron chi connectivity index (χ4n) is 3.55. The van der Waals surface area contributed by atoms with Crippen LogP contribution in [0.4, 0.5) is 0 Å². The smallest absolute Gasteiger partial charge is 0.267 e. The molecule has 122 valence electrons. The summed E-state index contributed by atoms with van der Waals surface area (Å²) in [5.74, 6) is 0.737. The molecule has 0 spiro atoms. The molecular formula is C17H28N4O. The molecule has 2 heterocycles. The molecule has 0 saturated carbocycles. The number of rotatable bonds is 5. The van der Waals surface area contributed by atoms with Crippen LogP contribution in [0.25, 0.3) is 0 Å².